The number of benzene rings is 1. The third-order valence-electron chi connectivity index (χ3n) is 6.05. The van der Waals surface area contributed by atoms with Crippen LogP contribution in [0, 0.1) is 5.92 Å². The number of rotatable bonds is 8. The molecule has 1 aromatic carbocycles. The van der Waals surface area contributed by atoms with Gasteiger partial charge < -0.3 is 14.5 Å². The van der Waals surface area contributed by atoms with Crippen molar-refractivity contribution in [3.05, 3.63) is 65.6 Å². The molecule has 0 unspecified atom stereocenters. The average molecular weight is 449 g/mol. The summed E-state index contributed by atoms with van der Waals surface area (Å²) in [6.45, 7) is 11.3. The summed E-state index contributed by atoms with van der Waals surface area (Å²) in [7, 11) is 0. The van der Waals surface area contributed by atoms with E-state index in [0.717, 1.165) is 44.0 Å². The lowest BCUT2D eigenvalue weighted by atomic mass is 10.0. The molecule has 1 aromatic heterocycles. The van der Waals surface area contributed by atoms with Gasteiger partial charge in [-0.15, -0.1) is 0 Å². The largest absolute Gasteiger partial charge is 0.493 e. The van der Waals surface area contributed by atoms with E-state index in [1.54, 1.807) is 6.20 Å². The van der Waals surface area contributed by atoms with E-state index in [1.165, 1.54) is 4.90 Å². The molecule has 33 heavy (non-hydrogen) atoms. The quantitative estimate of drug-likeness (QED) is 0.579. The van der Waals surface area contributed by atoms with Gasteiger partial charge in [0.15, 0.2) is 0 Å². The van der Waals surface area contributed by atoms with Crippen molar-refractivity contribution in [3.63, 3.8) is 0 Å². The van der Waals surface area contributed by atoms with Crippen molar-refractivity contribution in [1.82, 2.24) is 19.7 Å². The summed E-state index contributed by atoms with van der Waals surface area (Å²) in [4.78, 5) is 37.1. The second-order valence-electron chi connectivity index (χ2n) is 8.89. The first-order valence-corrected chi connectivity index (χ1v) is 11.7. The van der Waals surface area contributed by atoms with Crippen LogP contribution < -0.4 is 4.74 Å². The molecule has 2 amide bonds. The highest BCUT2D eigenvalue weighted by Gasteiger charge is 2.42. The fourth-order valence-electron chi connectivity index (χ4n) is 4.18. The van der Waals surface area contributed by atoms with E-state index in [0.29, 0.717) is 29.5 Å². The Balaban J connectivity index is 1.65. The Morgan fingerprint density at radius 3 is 2.30 bits per heavy atom. The molecule has 0 aliphatic carbocycles. The van der Waals surface area contributed by atoms with Gasteiger partial charge in [0.25, 0.3) is 11.8 Å². The van der Waals surface area contributed by atoms with Crippen molar-refractivity contribution in [3.8, 4) is 5.75 Å². The Kier molecular flexibility index (Phi) is 7.08. The van der Waals surface area contributed by atoms with E-state index in [-0.39, 0.29) is 18.4 Å². The van der Waals surface area contributed by atoms with Gasteiger partial charge >= 0.3 is 0 Å². The number of aromatic nitrogens is 1. The van der Waals surface area contributed by atoms with Gasteiger partial charge in [0.2, 0.25) is 0 Å². The van der Waals surface area contributed by atoms with Crippen LogP contribution in [0.5, 0.6) is 5.75 Å². The van der Waals surface area contributed by atoms with E-state index in [2.05, 4.69) is 35.6 Å². The van der Waals surface area contributed by atoms with E-state index >= 15 is 0 Å². The molecule has 0 spiro atoms. The first kappa shape index (κ1) is 23.0. The van der Waals surface area contributed by atoms with Gasteiger partial charge in [0.05, 0.1) is 24.4 Å². The predicted octanol–water partition coefficient (Wildman–Crippen LogP) is 3.03. The van der Waals surface area contributed by atoms with Crippen molar-refractivity contribution in [2.45, 2.75) is 27.3 Å². The van der Waals surface area contributed by atoms with Crippen LogP contribution in [0.3, 0.4) is 0 Å². The SMILES string of the molecule is CCN1CCN(C2=C(c3ccc(OCC(C)C)cc3)C(=O)N(Cc3ccccn3)C2=O)CC1. The van der Waals surface area contributed by atoms with Crippen LogP contribution in [0.25, 0.3) is 5.57 Å². The first-order valence-electron chi connectivity index (χ1n) is 11.7. The summed E-state index contributed by atoms with van der Waals surface area (Å²) < 4.78 is 5.80. The van der Waals surface area contributed by atoms with Gasteiger partial charge in [-0.05, 0) is 42.3 Å². The lowest BCUT2D eigenvalue weighted by Crippen LogP contribution is -2.47. The van der Waals surface area contributed by atoms with Crippen LogP contribution in [0.2, 0.25) is 0 Å². The smallest absolute Gasteiger partial charge is 0.278 e. The van der Waals surface area contributed by atoms with Gasteiger partial charge in [0, 0.05) is 32.4 Å². The Labute approximate surface area is 195 Å². The second-order valence-corrected chi connectivity index (χ2v) is 8.89. The molecule has 0 bridgehead atoms. The molecule has 7 nitrogen and oxygen atoms in total. The zero-order valence-electron chi connectivity index (χ0n) is 19.7. The zero-order valence-corrected chi connectivity index (χ0v) is 19.7. The summed E-state index contributed by atoms with van der Waals surface area (Å²) in [6, 6.07) is 13.0. The van der Waals surface area contributed by atoms with E-state index in [4.69, 9.17) is 4.74 Å². The summed E-state index contributed by atoms with van der Waals surface area (Å²) in [6.07, 6.45) is 1.68. The maximum atomic E-state index is 13.5. The molecule has 1 saturated heterocycles. The molecular formula is C26H32N4O3. The highest BCUT2D eigenvalue weighted by Crippen LogP contribution is 2.33. The predicted molar refractivity (Wildman–Crippen MR) is 127 cm³/mol. The number of amides is 2. The number of carbonyl (C=O) groups excluding carboxylic acids is 2. The summed E-state index contributed by atoms with van der Waals surface area (Å²) in [5, 5.41) is 0. The standard InChI is InChI=1S/C26H32N4O3/c1-4-28-13-15-29(16-14-28)24-23(20-8-10-22(11-9-20)33-18-19(2)3)25(31)30(26(24)32)17-21-7-5-6-12-27-21/h5-12,19H,4,13-18H2,1-3H3. The lowest BCUT2D eigenvalue weighted by molar-refractivity contribution is -0.138. The Morgan fingerprint density at radius 1 is 0.970 bits per heavy atom. The number of ether oxygens (including phenoxy) is 1. The van der Waals surface area contributed by atoms with Crippen molar-refractivity contribution >= 4 is 17.4 Å². The van der Waals surface area contributed by atoms with Gasteiger partial charge in [-0.2, -0.15) is 0 Å². The fourth-order valence-corrected chi connectivity index (χ4v) is 4.18. The molecule has 4 rings (SSSR count). The highest BCUT2D eigenvalue weighted by molar-refractivity contribution is 6.35. The van der Waals surface area contributed by atoms with Crippen molar-refractivity contribution in [2.75, 3.05) is 39.3 Å². The van der Waals surface area contributed by atoms with Crippen LogP contribution in [-0.4, -0.2) is 70.8 Å². The molecule has 0 saturated carbocycles. The number of piperazine rings is 1. The molecule has 174 valence electrons. The van der Waals surface area contributed by atoms with Gasteiger partial charge in [0.1, 0.15) is 11.4 Å². The molecule has 0 N–H and O–H groups in total. The number of pyridine rings is 1. The number of nitrogens with zero attached hydrogens (tertiary/aromatic N) is 4. The van der Waals surface area contributed by atoms with Gasteiger partial charge in [-0.1, -0.05) is 39.0 Å². The Hall–Kier alpha value is -3.19. The lowest BCUT2D eigenvalue weighted by Gasteiger charge is -2.36. The molecule has 2 aliphatic heterocycles. The van der Waals surface area contributed by atoms with Gasteiger partial charge in [-0.25, -0.2) is 0 Å². The van der Waals surface area contributed by atoms with Gasteiger partial charge in [-0.3, -0.25) is 19.5 Å². The summed E-state index contributed by atoms with van der Waals surface area (Å²) >= 11 is 0. The van der Waals surface area contributed by atoms with Crippen LogP contribution >= 0.6 is 0 Å². The van der Waals surface area contributed by atoms with Crippen LogP contribution in [0.4, 0.5) is 0 Å². The Bertz CT molecular complexity index is 1010. The van der Waals surface area contributed by atoms with E-state index in [9.17, 15) is 9.59 Å². The molecule has 0 radical (unpaired) electrons. The minimum Gasteiger partial charge on any atom is -0.493 e. The number of hydrogen-bond acceptors (Lipinski definition) is 6. The third kappa shape index (κ3) is 5.09. The highest BCUT2D eigenvalue weighted by atomic mass is 16.5. The van der Waals surface area contributed by atoms with Crippen LogP contribution in [0.1, 0.15) is 32.0 Å². The average Bonchev–Trinajstić information content (AvgIpc) is 3.08. The Morgan fingerprint density at radius 2 is 1.70 bits per heavy atom. The topological polar surface area (TPSA) is 66.0 Å². The molecule has 2 aliphatic rings. The summed E-state index contributed by atoms with van der Waals surface area (Å²) in [5.41, 5.74) is 2.40. The molecule has 7 heteroatoms. The third-order valence-corrected chi connectivity index (χ3v) is 6.05. The minimum absolute atomic E-state index is 0.163. The number of hydrogen-bond donors (Lipinski definition) is 0. The monoisotopic (exact) mass is 448 g/mol. The second kappa shape index (κ2) is 10.2. The first-order chi connectivity index (χ1) is 16.0. The van der Waals surface area contributed by atoms with Crippen molar-refractivity contribution < 1.29 is 14.3 Å². The molecule has 1 fully saturated rings. The fraction of sp³-hybridized carbons (Fsp3) is 0.423. The minimum atomic E-state index is -0.269. The molecule has 0 atom stereocenters. The van der Waals surface area contributed by atoms with Crippen LogP contribution in [-0.2, 0) is 16.1 Å². The number of imide groups is 1. The maximum absolute atomic E-state index is 13.5. The normalized spacial score (nSPS) is 17.5. The van der Waals surface area contributed by atoms with E-state index in [1.807, 2.05) is 42.5 Å². The molecule has 3 heterocycles. The van der Waals surface area contributed by atoms with Crippen LogP contribution in [0.15, 0.2) is 54.4 Å². The number of likely N-dealkylation sites (N-methyl/N-ethyl adjacent to an activating group) is 1. The molecular weight excluding hydrogens is 416 g/mol. The van der Waals surface area contributed by atoms with Crippen molar-refractivity contribution in [1.29, 1.82) is 0 Å². The number of carbonyl (C=O) groups is 2. The molecule has 2 aromatic rings. The summed E-state index contributed by atoms with van der Waals surface area (Å²) in [5.74, 6) is 0.670. The van der Waals surface area contributed by atoms with Crippen molar-refractivity contribution in [2.24, 2.45) is 5.92 Å². The van der Waals surface area contributed by atoms with E-state index < -0.39 is 0 Å². The maximum Gasteiger partial charge on any atom is 0.278 e. The zero-order chi connectivity index (χ0) is 23.4.